The summed E-state index contributed by atoms with van der Waals surface area (Å²) in [6, 6.07) is 10.2. The number of halogens is 1. The monoisotopic (exact) mass is 527 g/mol. The van der Waals surface area contributed by atoms with Crippen LogP contribution in [0.2, 0.25) is 0 Å². The standard InChI is InChI=1S/C22H33N5O2.HI/c1-22(2,3)29-21(28)27(6)16-18-9-7-17(8-10-18)13-24-20(23-4)25-14-19-11-12-26(5)15-19;/h7-12,15H,13-14,16H2,1-6H3,(H2,23,24,25);1H. The van der Waals surface area contributed by atoms with Crippen molar-refractivity contribution in [1.29, 1.82) is 0 Å². The number of benzene rings is 1. The van der Waals surface area contributed by atoms with Crippen LogP contribution in [0.4, 0.5) is 4.79 Å². The number of nitrogens with zero attached hydrogens (tertiary/aromatic N) is 3. The van der Waals surface area contributed by atoms with E-state index < -0.39 is 5.60 Å². The molecule has 8 heteroatoms. The number of guanidine groups is 1. The minimum atomic E-state index is -0.492. The Hall–Kier alpha value is -2.23. The lowest BCUT2D eigenvalue weighted by Gasteiger charge is -2.24. The highest BCUT2D eigenvalue weighted by molar-refractivity contribution is 14.0. The van der Waals surface area contributed by atoms with Crippen molar-refractivity contribution < 1.29 is 9.53 Å². The van der Waals surface area contributed by atoms with Gasteiger partial charge < -0.3 is 24.8 Å². The summed E-state index contributed by atoms with van der Waals surface area (Å²) in [5.41, 5.74) is 2.90. The molecule has 2 rings (SSSR count). The minimum Gasteiger partial charge on any atom is -0.444 e. The third kappa shape index (κ3) is 9.06. The normalized spacial score (nSPS) is 11.5. The van der Waals surface area contributed by atoms with Gasteiger partial charge in [0.15, 0.2) is 5.96 Å². The van der Waals surface area contributed by atoms with Crippen LogP contribution in [0.3, 0.4) is 0 Å². The predicted molar refractivity (Wildman–Crippen MR) is 132 cm³/mol. The van der Waals surface area contributed by atoms with E-state index in [4.69, 9.17) is 4.74 Å². The molecule has 0 aliphatic carbocycles. The summed E-state index contributed by atoms with van der Waals surface area (Å²) >= 11 is 0. The van der Waals surface area contributed by atoms with Gasteiger partial charge in [-0.2, -0.15) is 0 Å². The third-order valence-electron chi connectivity index (χ3n) is 4.18. The Labute approximate surface area is 196 Å². The van der Waals surface area contributed by atoms with Gasteiger partial charge in [0.05, 0.1) is 0 Å². The van der Waals surface area contributed by atoms with Crippen LogP contribution in [-0.4, -0.2) is 41.2 Å². The van der Waals surface area contributed by atoms with Crippen LogP contribution in [0.1, 0.15) is 37.5 Å². The van der Waals surface area contributed by atoms with Crippen molar-refractivity contribution in [3.8, 4) is 0 Å². The van der Waals surface area contributed by atoms with E-state index in [1.807, 2.05) is 50.7 Å². The second-order valence-electron chi connectivity index (χ2n) is 8.12. The number of aryl methyl sites for hydroxylation is 1. The van der Waals surface area contributed by atoms with Crippen molar-refractivity contribution >= 4 is 36.0 Å². The average molecular weight is 527 g/mol. The smallest absolute Gasteiger partial charge is 0.410 e. The van der Waals surface area contributed by atoms with Gasteiger partial charge in [0.1, 0.15) is 5.60 Å². The second-order valence-corrected chi connectivity index (χ2v) is 8.12. The number of aliphatic imine (C=N–C) groups is 1. The maximum absolute atomic E-state index is 12.1. The van der Waals surface area contributed by atoms with Gasteiger partial charge in [0, 0.05) is 53.2 Å². The van der Waals surface area contributed by atoms with Crippen molar-refractivity contribution in [2.75, 3.05) is 14.1 Å². The van der Waals surface area contributed by atoms with Gasteiger partial charge >= 0.3 is 6.09 Å². The fraction of sp³-hybridized carbons (Fsp3) is 0.455. The molecule has 166 valence electrons. The molecule has 1 aromatic carbocycles. The van der Waals surface area contributed by atoms with Gasteiger partial charge in [-0.05, 0) is 43.5 Å². The SMILES string of the molecule is CN=C(NCc1ccc(CN(C)C(=O)OC(C)(C)C)cc1)NCc1ccn(C)c1.I. The molecule has 0 bridgehead atoms. The van der Waals surface area contributed by atoms with Crippen molar-refractivity contribution in [3.05, 3.63) is 59.4 Å². The quantitative estimate of drug-likeness (QED) is 0.340. The first-order valence-corrected chi connectivity index (χ1v) is 9.73. The molecule has 7 nitrogen and oxygen atoms in total. The topological polar surface area (TPSA) is 70.9 Å². The van der Waals surface area contributed by atoms with Crippen LogP contribution in [0.25, 0.3) is 0 Å². The lowest BCUT2D eigenvalue weighted by Crippen LogP contribution is -2.36. The predicted octanol–water partition coefficient (Wildman–Crippen LogP) is 3.88. The van der Waals surface area contributed by atoms with Gasteiger partial charge in [0.2, 0.25) is 0 Å². The Morgan fingerprint density at radius 3 is 2.13 bits per heavy atom. The summed E-state index contributed by atoms with van der Waals surface area (Å²) in [4.78, 5) is 17.9. The summed E-state index contributed by atoms with van der Waals surface area (Å²) in [7, 11) is 5.51. The van der Waals surface area contributed by atoms with Gasteiger partial charge in [-0.1, -0.05) is 24.3 Å². The van der Waals surface area contributed by atoms with Gasteiger partial charge in [-0.15, -0.1) is 24.0 Å². The molecule has 0 spiro atoms. The molecule has 0 unspecified atom stereocenters. The second kappa shape index (κ2) is 11.8. The molecule has 2 aromatic rings. The first-order valence-electron chi connectivity index (χ1n) is 9.73. The van der Waals surface area contributed by atoms with Crippen LogP contribution in [0.15, 0.2) is 47.7 Å². The molecule has 2 N–H and O–H groups in total. The Morgan fingerprint density at radius 2 is 1.63 bits per heavy atom. The van der Waals surface area contributed by atoms with E-state index in [-0.39, 0.29) is 30.1 Å². The van der Waals surface area contributed by atoms with Gasteiger partial charge in [0.25, 0.3) is 0 Å². The number of ether oxygens (including phenoxy) is 1. The summed E-state index contributed by atoms with van der Waals surface area (Å²) in [6.45, 7) is 7.48. The van der Waals surface area contributed by atoms with E-state index in [0.29, 0.717) is 13.1 Å². The lowest BCUT2D eigenvalue weighted by molar-refractivity contribution is 0.0285. The number of aromatic nitrogens is 1. The zero-order valence-corrected chi connectivity index (χ0v) is 21.1. The van der Waals surface area contributed by atoms with Gasteiger partial charge in [-0.3, -0.25) is 4.99 Å². The van der Waals surface area contributed by atoms with Crippen molar-refractivity contribution in [3.63, 3.8) is 0 Å². The lowest BCUT2D eigenvalue weighted by atomic mass is 10.1. The fourth-order valence-electron chi connectivity index (χ4n) is 2.70. The van der Waals surface area contributed by atoms with E-state index in [0.717, 1.165) is 23.6 Å². The highest BCUT2D eigenvalue weighted by Crippen LogP contribution is 2.12. The van der Waals surface area contributed by atoms with Crippen LogP contribution >= 0.6 is 24.0 Å². The molecular weight excluding hydrogens is 493 g/mol. The number of rotatable bonds is 6. The maximum atomic E-state index is 12.1. The van der Waals surface area contributed by atoms with Crippen LogP contribution in [0.5, 0.6) is 0 Å². The molecule has 0 saturated carbocycles. The van der Waals surface area contributed by atoms with Crippen LogP contribution in [-0.2, 0) is 31.4 Å². The summed E-state index contributed by atoms with van der Waals surface area (Å²) in [5, 5.41) is 6.62. The number of hydrogen-bond donors (Lipinski definition) is 2. The van der Waals surface area contributed by atoms with E-state index in [9.17, 15) is 4.79 Å². The molecule has 0 aliphatic heterocycles. The first-order chi connectivity index (χ1) is 13.7. The average Bonchev–Trinajstić information content (AvgIpc) is 3.07. The minimum absolute atomic E-state index is 0. The zero-order valence-electron chi connectivity index (χ0n) is 18.7. The van der Waals surface area contributed by atoms with E-state index >= 15 is 0 Å². The molecule has 0 fully saturated rings. The number of nitrogens with one attached hydrogen (secondary N) is 2. The molecular formula is C22H34IN5O2. The van der Waals surface area contributed by atoms with Crippen LogP contribution in [0, 0.1) is 0 Å². The summed E-state index contributed by atoms with van der Waals surface area (Å²) in [5.74, 6) is 0.752. The molecule has 0 aliphatic rings. The van der Waals surface area contributed by atoms with Gasteiger partial charge in [-0.25, -0.2) is 4.79 Å². The molecule has 0 saturated heterocycles. The third-order valence-corrected chi connectivity index (χ3v) is 4.18. The summed E-state index contributed by atoms with van der Waals surface area (Å²) in [6.07, 6.45) is 3.78. The molecule has 1 aromatic heterocycles. The Bertz CT molecular complexity index is 825. The number of carbonyl (C=O) groups is 1. The molecule has 1 amide bonds. The zero-order chi connectivity index (χ0) is 21.4. The highest BCUT2D eigenvalue weighted by Gasteiger charge is 2.19. The maximum Gasteiger partial charge on any atom is 0.410 e. The first kappa shape index (κ1) is 25.8. The summed E-state index contributed by atoms with van der Waals surface area (Å²) < 4.78 is 7.41. The Morgan fingerprint density at radius 1 is 1.07 bits per heavy atom. The Kier molecular flexibility index (Phi) is 10.2. The largest absolute Gasteiger partial charge is 0.444 e. The molecule has 30 heavy (non-hydrogen) atoms. The fourth-order valence-corrected chi connectivity index (χ4v) is 2.70. The van der Waals surface area contributed by atoms with E-state index in [1.54, 1.807) is 19.0 Å². The molecule has 1 heterocycles. The van der Waals surface area contributed by atoms with Crippen molar-refractivity contribution in [2.45, 2.75) is 46.0 Å². The number of amides is 1. The van der Waals surface area contributed by atoms with Crippen LogP contribution < -0.4 is 10.6 Å². The Balaban J connectivity index is 0.00000450. The van der Waals surface area contributed by atoms with Crippen molar-refractivity contribution in [2.24, 2.45) is 12.0 Å². The van der Waals surface area contributed by atoms with Crippen molar-refractivity contribution in [1.82, 2.24) is 20.1 Å². The van der Waals surface area contributed by atoms with E-state index in [2.05, 4.69) is 40.0 Å². The molecule has 0 radical (unpaired) electrons. The van der Waals surface area contributed by atoms with E-state index in [1.165, 1.54) is 5.56 Å². The number of hydrogen-bond acceptors (Lipinski definition) is 3. The molecule has 0 atom stereocenters. The number of carbonyl (C=O) groups excluding carboxylic acids is 1. The highest BCUT2D eigenvalue weighted by atomic mass is 127.